The molecule has 4 aromatic carbocycles. The fourth-order valence-electron chi connectivity index (χ4n) is 5.06. The first kappa shape index (κ1) is 16.7. The number of benzene rings is 4. The molecule has 0 atom stereocenters. The van der Waals surface area contributed by atoms with Crippen molar-refractivity contribution in [3.8, 4) is 5.69 Å². The predicted octanol–water partition coefficient (Wildman–Crippen LogP) is 6.38. The van der Waals surface area contributed by atoms with Crippen LogP contribution < -0.4 is 0 Å². The Morgan fingerprint density at radius 1 is 0.645 bits per heavy atom. The van der Waals surface area contributed by atoms with Crippen molar-refractivity contribution in [2.75, 3.05) is 0 Å². The molecular weight excluding hydrogens is 380 g/mol. The summed E-state index contributed by atoms with van der Waals surface area (Å²) in [6.45, 7) is 2.15. The largest absolute Gasteiger partial charge is 0.344 e. The fraction of sp³-hybridized carbons (Fsp3) is 0.0741. The van der Waals surface area contributed by atoms with E-state index in [1.807, 2.05) is 6.07 Å². The summed E-state index contributed by atoms with van der Waals surface area (Å²) in [7, 11) is 2.14. The van der Waals surface area contributed by atoms with Gasteiger partial charge in [0.1, 0.15) is 0 Å². The van der Waals surface area contributed by atoms with Crippen LogP contribution in [0.5, 0.6) is 0 Å². The molecule has 3 aromatic heterocycles. The molecule has 0 bridgehead atoms. The van der Waals surface area contributed by atoms with Crippen molar-refractivity contribution in [3.05, 3.63) is 90.5 Å². The molecule has 0 radical (unpaired) electrons. The van der Waals surface area contributed by atoms with Crippen molar-refractivity contribution >= 4 is 49.7 Å². The van der Waals surface area contributed by atoms with E-state index in [0.717, 1.165) is 28.0 Å². The summed E-state index contributed by atoms with van der Waals surface area (Å²) >= 11 is 0. The van der Waals surface area contributed by atoms with Gasteiger partial charge in [-0.3, -0.25) is 8.97 Å². The van der Waals surface area contributed by atoms with Crippen LogP contribution in [0.2, 0.25) is 0 Å². The van der Waals surface area contributed by atoms with E-state index >= 15 is 0 Å². The molecule has 0 saturated heterocycles. The van der Waals surface area contributed by atoms with Crippen LogP contribution in [0.1, 0.15) is 5.56 Å². The van der Waals surface area contributed by atoms with Crippen molar-refractivity contribution < 1.29 is 0 Å². The summed E-state index contributed by atoms with van der Waals surface area (Å²) in [6, 6.07) is 30.3. The maximum Gasteiger partial charge on any atom is 0.220 e. The Balaban J connectivity index is 1.64. The van der Waals surface area contributed by atoms with Crippen LogP contribution in [0.25, 0.3) is 55.3 Å². The second kappa shape index (κ2) is 5.76. The average molecular weight is 400 g/mol. The molecule has 0 fully saturated rings. The first-order valence-electron chi connectivity index (χ1n) is 10.6. The fourth-order valence-corrected chi connectivity index (χ4v) is 5.06. The molecule has 31 heavy (non-hydrogen) atoms. The zero-order chi connectivity index (χ0) is 20.7. The molecule has 0 N–H and O–H groups in total. The number of imidazole rings is 2. The van der Waals surface area contributed by atoms with Gasteiger partial charge in [0, 0.05) is 34.5 Å². The van der Waals surface area contributed by atoms with Crippen molar-refractivity contribution in [1.29, 1.82) is 0 Å². The average Bonchev–Trinajstić information content (AvgIpc) is 3.41. The Kier molecular flexibility index (Phi) is 3.11. The molecule has 0 spiro atoms. The summed E-state index contributed by atoms with van der Waals surface area (Å²) in [5.41, 5.74) is 9.37. The minimum atomic E-state index is 0.943. The second-order valence-electron chi connectivity index (χ2n) is 8.34. The number of fused-ring (bicyclic) bond motifs is 8. The highest BCUT2D eigenvalue weighted by Gasteiger charge is 2.17. The zero-order valence-corrected chi connectivity index (χ0v) is 17.4. The highest BCUT2D eigenvalue weighted by molar-refractivity contribution is 6.09. The molecular formula is C27H20N4. The van der Waals surface area contributed by atoms with Crippen LogP contribution in [0.15, 0.2) is 84.9 Å². The lowest BCUT2D eigenvalue weighted by molar-refractivity contribution is 1.01. The third kappa shape index (κ3) is 2.11. The number of hydrogen-bond acceptors (Lipinski definition) is 1. The quantitative estimate of drug-likeness (QED) is 0.314. The van der Waals surface area contributed by atoms with Crippen LogP contribution >= 0.6 is 0 Å². The molecule has 7 rings (SSSR count). The van der Waals surface area contributed by atoms with Crippen LogP contribution in [-0.4, -0.2) is 18.5 Å². The van der Waals surface area contributed by atoms with Gasteiger partial charge >= 0.3 is 0 Å². The van der Waals surface area contributed by atoms with Crippen LogP contribution in [0.4, 0.5) is 0 Å². The Labute approximate surface area is 178 Å². The van der Waals surface area contributed by atoms with E-state index in [0.29, 0.717) is 0 Å². The molecule has 4 heteroatoms. The van der Waals surface area contributed by atoms with Crippen LogP contribution in [-0.2, 0) is 7.05 Å². The van der Waals surface area contributed by atoms with Gasteiger partial charge in [-0.1, -0.05) is 35.9 Å². The van der Waals surface area contributed by atoms with Crippen LogP contribution in [0, 0.1) is 6.92 Å². The van der Waals surface area contributed by atoms with Gasteiger partial charge in [-0.25, -0.2) is 4.98 Å². The Hall–Kier alpha value is -4.05. The maximum atomic E-state index is 5.01. The van der Waals surface area contributed by atoms with Gasteiger partial charge in [-0.2, -0.15) is 0 Å². The molecule has 7 aromatic rings. The zero-order valence-electron chi connectivity index (χ0n) is 17.4. The van der Waals surface area contributed by atoms with Crippen LogP contribution in [0.3, 0.4) is 0 Å². The monoisotopic (exact) mass is 400 g/mol. The standard InChI is InChI=1S/C27H20N4/c1-17-11-13-22-19(15-17)20-16-18(12-14-23(20)29(22)2)30-25-9-5-6-10-26(25)31-24-8-4-3-7-21(24)28-27(30)31/h3-16H,1-2H3. The van der Waals surface area contributed by atoms with Gasteiger partial charge in [-0.15, -0.1) is 0 Å². The lowest BCUT2D eigenvalue weighted by Gasteiger charge is -2.06. The maximum absolute atomic E-state index is 5.01. The molecule has 0 unspecified atom stereocenters. The van der Waals surface area contributed by atoms with Gasteiger partial charge in [-0.05, 0) is 61.5 Å². The van der Waals surface area contributed by atoms with E-state index in [4.69, 9.17) is 4.98 Å². The smallest absolute Gasteiger partial charge is 0.220 e. The number of nitrogens with zero attached hydrogens (tertiary/aromatic N) is 4. The van der Waals surface area contributed by atoms with Gasteiger partial charge in [0.25, 0.3) is 0 Å². The second-order valence-corrected chi connectivity index (χ2v) is 8.34. The molecule has 0 saturated carbocycles. The molecule has 4 nitrogen and oxygen atoms in total. The normalized spacial score (nSPS) is 12.2. The Bertz CT molecular complexity index is 1810. The minimum Gasteiger partial charge on any atom is -0.344 e. The number of aryl methyl sites for hydroxylation is 2. The molecule has 0 aliphatic heterocycles. The lowest BCUT2D eigenvalue weighted by atomic mass is 10.1. The van der Waals surface area contributed by atoms with Crippen molar-refractivity contribution in [2.24, 2.45) is 7.05 Å². The van der Waals surface area contributed by atoms with E-state index < -0.39 is 0 Å². The summed E-state index contributed by atoms with van der Waals surface area (Å²) in [6.07, 6.45) is 0. The molecule has 148 valence electrons. The lowest BCUT2D eigenvalue weighted by Crippen LogP contribution is -1.95. The van der Waals surface area contributed by atoms with Gasteiger partial charge in [0.15, 0.2) is 0 Å². The van der Waals surface area contributed by atoms with E-state index in [9.17, 15) is 0 Å². The molecule has 0 aliphatic rings. The van der Waals surface area contributed by atoms with Crippen molar-refractivity contribution in [1.82, 2.24) is 18.5 Å². The third-order valence-electron chi connectivity index (χ3n) is 6.51. The molecule has 0 amide bonds. The highest BCUT2D eigenvalue weighted by atomic mass is 15.2. The van der Waals surface area contributed by atoms with E-state index in [2.05, 4.69) is 106 Å². The topological polar surface area (TPSA) is 27.2 Å². The summed E-state index contributed by atoms with van der Waals surface area (Å²) in [4.78, 5) is 5.01. The van der Waals surface area contributed by atoms with Crippen molar-refractivity contribution in [3.63, 3.8) is 0 Å². The first-order valence-corrected chi connectivity index (χ1v) is 10.6. The van der Waals surface area contributed by atoms with E-state index in [-0.39, 0.29) is 0 Å². The number of para-hydroxylation sites is 4. The van der Waals surface area contributed by atoms with Gasteiger partial charge in [0.2, 0.25) is 5.78 Å². The summed E-state index contributed by atoms with van der Waals surface area (Å²) in [5.74, 6) is 0.943. The predicted molar refractivity (Wildman–Crippen MR) is 128 cm³/mol. The summed E-state index contributed by atoms with van der Waals surface area (Å²) in [5, 5.41) is 2.56. The van der Waals surface area contributed by atoms with E-state index in [1.165, 1.54) is 32.9 Å². The molecule has 0 aliphatic carbocycles. The number of rotatable bonds is 1. The van der Waals surface area contributed by atoms with Gasteiger partial charge in [0.05, 0.1) is 22.1 Å². The minimum absolute atomic E-state index is 0.943. The molecule has 3 heterocycles. The highest BCUT2D eigenvalue weighted by Crippen LogP contribution is 2.33. The number of hydrogen-bond donors (Lipinski definition) is 0. The first-order chi connectivity index (χ1) is 15.2. The van der Waals surface area contributed by atoms with Gasteiger partial charge < -0.3 is 4.57 Å². The Morgan fingerprint density at radius 2 is 1.32 bits per heavy atom. The third-order valence-corrected chi connectivity index (χ3v) is 6.51. The number of aromatic nitrogens is 4. The Morgan fingerprint density at radius 3 is 2.16 bits per heavy atom. The SMILES string of the molecule is Cc1ccc2c(c1)c1cc(-n3c4ccccc4n4c5ccccc5nc34)ccc1n2C. The van der Waals surface area contributed by atoms with Crippen molar-refractivity contribution in [2.45, 2.75) is 6.92 Å². The summed E-state index contributed by atoms with van der Waals surface area (Å²) < 4.78 is 6.83. The van der Waals surface area contributed by atoms with E-state index in [1.54, 1.807) is 0 Å².